The molecular formula is C27H28ClF3N6O3. The quantitative estimate of drug-likeness (QED) is 0.308. The van der Waals surface area contributed by atoms with Gasteiger partial charge in [-0.1, -0.05) is 29.8 Å². The van der Waals surface area contributed by atoms with Gasteiger partial charge in [0, 0.05) is 42.0 Å². The first-order valence-electron chi connectivity index (χ1n) is 12.7. The smallest absolute Gasteiger partial charge is 0.429 e. The summed E-state index contributed by atoms with van der Waals surface area (Å²) in [7, 11) is 0. The Morgan fingerprint density at radius 2 is 1.90 bits per heavy atom. The lowest BCUT2D eigenvalue weighted by Crippen LogP contribution is -2.41. The van der Waals surface area contributed by atoms with E-state index in [-0.39, 0.29) is 33.4 Å². The molecule has 40 heavy (non-hydrogen) atoms. The Morgan fingerprint density at radius 3 is 2.55 bits per heavy atom. The van der Waals surface area contributed by atoms with Gasteiger partial charge >= 0.3 is 12.1 Å². The summed E-state index contributed by atoms with van der Waals surface area (Å²) in [5.41, 5.74) is 12.5. The van der Waals surface area contributed by atoms with E-state index >= 15 is 0 Å². The zero-order valence-corrected chi connectivity index (χ0v) is 22.0. The van der Waals surface area contributed by atoms with Crippen LogP contribution in [-0.2, 0) is 4.79 Å². The summed E-state index contributed by atoms with van der Waals surface area (Å²) in [6.45, 7) is 1.66. The van der Waals surface area contributed by atoms with Gasteiger partial charge < -0.3 is 31.5 Å². The van der Waals surface area contributed by atoms with Gasteiger partial charge in [0.1, 0.15) is 11.9 Å². The van der Waals surface area contributed by atoms with Crippen LogP contribution in [0, 0.1) is 5.41 Å². The van der Waals surface area contributed by atoms with Crippen molar-refractivity contribution in [3.05, 3.63) is 59.1 Å². The van der Waals surface area contributed by atoms with Crippen LogP contribution in [0.1, 0.15) is 30.9 Å². The lowest BCUT2D eigenvalue weighted by molar-refractivity contribution is -0.198. The van der Waals surface area contributed by atoms with Gasteiger partial charge in [-0.15, -0.1) is 0 Å². The molecule has 2 saturated heterocycles. The van der Waals surface area contributed by atoms with Gasteiger partial charge in [-0.25, -0.2) is 0 Å². The van der Waals surface area contributed by atoms with Gasteiger partial charge in [0.25, 0.3) is 0 Å². The number of alkyl halides is 3. The van der Waals surface area contributed by atoms with E-state index in [1.807, 2.05) is 4.90 Å². The number of halogens is 4. The Hall–Kier alpha value is -3.77. The second kappa shape index (κ2) is 10.7. The molecule has 13 heteroatoms. The predicted molar refractivity (Wildman–Crippen MR) is 145 cm³/mol. The van der Waals surface area contributed by atoms with Crippen LogP contribution in [0.2, 0.25) is 5.02 Å². The number of nitrogen functional groups attached to an aromatic ring is 2. The summed E-state index contributed by atoms with van der Waals surface area (Å²) in [5.74, 6) is -1.09. The number of carbonyl (C=O) groups is 1. The van der Waals surface area contributed by atoms with Gasteiger partial charge in [-0.2, -0.15) is 23.1 Å². The molecule has 2 aliphatic heterocycles. The minimum absolute atomic E-state index is 0.148. The first-order valence-corrected chi connectivity index (χ1v) is 13.0. The number of ether oxygens (including phenoxy) is 1. The predicted octanol–water partition coefficient (Wildman–Crippen LogP) is 4.68. The van der Waals surface area contributed by atoms with Crippen molar-refractivity contribution >= 4 is 35.0 Å². The van der Waals surface area contributed by atoms with Crippen LogP contribution in [0.25, 0.3) is 11.1 Å². The van der Waals surface area contributed by atoms with Gasteiger partial charge in [0.15, 0.2) is 0 Å². The fourth-order valence-electron chi connectivity index (χ4n) is 5.48. The van der Waals surface area contributed by atoms with Crippen molar-refractivity contribution in [1.29, 1.82) is 0 Å². The number of nitrogens with two attached hydrogens (primary N) is 2. The summed E-state index contributed by atoms with van der Waals surface area (Å²) in [6, 6.07) is 11.3. The van der Waals surface area contributed by atoms with E-state index in [2.05, 4.69) is 15.3 Å². The lowest BCUT2D eigenvalue weighted by atomic mass is 9.76. The van der Waals surface area contributed by atoms with Crippen LogP contribution in [0.15, 0.2) is 48.5 Å². The van der Waals surface area contributed by atoms with Crippen LogP contribution < -0.4 is 26.4 Å². The first-order chi connectivity index (χ1) is 18.9. The number of nitrogens with zero attached hydrogens (tertiary/aromatic N) is 3. The third-order valence-electron chi connectivity index (χ3n) is 7.54. The SMILES string of the molecule is Nc1cccc(-c2cc(Cl)ccc2[C@@H](Oc2cc(N3CCC4(CC3)CNC(C(=O)O)C4)nc(N)n2)C(F)(F)F)c1. The van der Waals surface area contributed by atoms with Crippen molar-refractivity contribution in [2.45, 2.75) is 37.6 Å². The van der Waals surface area contributed by atoms with Crippen LogP contribution in [-0.4, -0.2) is 52.9 Å². The second-order valence-electron chi connectivity index (χ2n) is 10.3. The molecule has 0 bridgehead atoms. The molecule has 1 aromatic heterocycles. The Kier molecular flexibility index (Phi) is 7.40. The highest BCUT2D eigenvalue weighted by atomic mass is 35.5. The Bertz CT molecular complexity index is 1410. The maximum absolute atomic E-state index is 14.5. The molecule has 3 aromatic rings. The third kappa shape index (κ3) is 5.87. The monoisotopic (exact) mass is 576 g/mol. The fraction of sp³-hybridized carbons (Fsp3) is 0.370. The Labute approximate surface area is 233 Å². The maximum atomic E-state index is 14.5. The molecule has 5 rings (SSSR count). The molecule has 1 spiro atoms. The minimum atomic E-state index is -4.81. The number of rotatable bonds is 6. The van der Waals surface area contributed by atoms with Crippen LogP contribution in [0.4, 0.5) is 30.6 Å². The summed E-state index contributed by atoms with van der Waals surface area (Å²) in [5, 5.41) is 12.6. The zero-order valence-electron chi connectivity index (χ0n) is 21.3. The van der Waals surface area contributed by atoms with Crippen LogP contribution in [0.3, 0.4) is 0 Å². The van der Waals surface area contributed by atoms with Gasteiger partial charge in [0.05, 0.1) is 0 Å². The average molecular weight is 577 g/mol. The summed E-state index contributed by atoms with van der Waals surface area (Å²) >= 11 is 6.15. The molecule has 6 N–H and O–H groups in total. The molecule has 2 fully saturated rings. The molecule has 2 aliphatic rings. The van der Waals surface area contributed by atoms with E-state index < -0.39 is 24.3 Å². The molecule has 3 heterocycles. The fourth-order valence-corrected chi connectivity index (χ4v) is 5.65. The number of nitrogens with one attached hydrogen (secondary N) is 1. The number of hydrogen-bond acceptors (Lipinski definition) is 8. The van der Waals surface area contributed by atoms with Crippen LogP contribution >= 0.6 is 11.6 Å². The van der Waals surface area contributed by atoms with Crippen molar-refractivity contribution in [3.8, 4) is 17.0 Å². The molecule has 0 saturated carbocycles. The number of hydrogen-bond donors (Lipinski definition) is 4. The van der Waals surface area contributed by atoms with Gasteiger partial charge in [-0.05, 0) is 60.1 Å². The first kappa shape index (κ1) is 27.8. The number of carboxylic acid groups (broad SMARTS) is 1. The molecule has 1 unspecified atom stereocenters. The number of benzene rings is 2. The largest absolute Gasteiger partial charge is 0.480 e. The normalized spacial score (nSPS) is 19.5. The molecule has 2 atom stereocenters. The van der Waals surface area contributed by atoms with Crippen molar-refractivity contribution in [3.63, 3.8) is 0 Å². The van der Waals surface area contributed by atoms with E-state index in [0.717, 1.165) is 0 Å². The maximum Gasteiger partial charge on any atom is 0.429 e. The molecule has 0 aliphatic carbocycles. The molecular weight excluding hydrogens is 549 g/mol. The second-order valence-corrected chi connectivity index (χ2v) is 10.7. The minimum Gasteiger partial charge on any atom is -0.480 e. The van der Waals surface area contributed by atoms with Crippen molar-refractivity contribution in [2.24, 2.45) is 5.41 Å². The average Bonchev–Trinajstić information content (AvgIpc) is 3.31. The highest BCUT2D eigenvalue weighted by Gasteiger charge is 2.46. The van der Waals surface area contributed by atoms with Crippen molar-refractivity contribution in [1.82, 2.24) is 15.3 Å². The molecule has 2 aromatic carbocycles. The number of anilines is 3. The summed E-state index contributed by atoms with van der Waals surface area (Å²) in [6.07, 6.45) is -5.27. The Balaban J connectivity index is 1.41. The van der Waals surface area contributed by atoms with E-state index in [9.17, 15) is 23.1 Å². The third-order valence-corrected chi connectivity index (χ3v) is 7.78. The van der Waals surface area contributed by atoms with E-state index in [0.29, 0.717) is 56.0 Å². The highest BCUT2D eigenvalue weighted by Crippen LogP contribution is 2.43. The number of aliphatic carboxylic acids is 1. The van der Waals surface area contributed by atoms with Gasteiger partial charge in [-0.3, -0.25) is 4.79 Å². The number of piperidine rings is 1. The van der Waals surface area contributed by atoms with E-state index in [1.165, 1.54) is 24.3 Å². The Morgan fingerprint density at radius 1 is 1.15 bits per heavy atom. The van der Waals surface area contributed by atoms with E-state index in [4.69, 9.17) is 27.8 Å². The lowest BCUT2D eigenvalue weighted by Gasteiger charge is -2.39. The number of aromatic nitrogens is 2. The van der Waals surface area contributed by atoms with Gasteiger partial charge in [0.2, 0.25) is 17.9 Å². The standard InChI is InChI=1S/C27H28ClF3N6O3/c28-16-4-5-18(19(11-16)15-2-1-3-17(32)10-15)23(27(29,30)31)40-22-12-21(35-25(33)36-22)37-8-6-26(7-9-37)13-20(24(38)39)34-14-26/h1-5,10-12,20,23,34H,6-9,13-14,32H2,(H,38,39)(H2,33,35,36)/t20?,23-/m1/s1. The topological polar surface area (TPSA) is 140 Å². The molecule has 0 radical (unpaired) electrons. The highest BCUT2D eigenvalue weighted by molar-refractivity contribution is 6.30. The molecule has 0 amide bonds. The zero-order chi connectivity index (χ0) is 28.7. The van der Waals surface area contributed by atoms with E-state index in [1.54, 1.807) is 24.3 Å². The number of carboxylic acids is 1. The molecule has 212 valence electrons. The van der Waals surface area contributed by atoms with Crippen LogP contribution in [0.5, 0.6) is 5.88 Å². The summed E-state index contributed by atoms with van der Waals surface area (Å²) < 4.78 is 48.9. The summed E-state index contributed by atoms with van der Waals surface area (Å²) in [4.78, 5) is 21.4. The van der Waals surface area contributed by atoms with Crippen molar-refractivity contribution < 1.29 is 27.8 Å². The van der Waals surface area contributed by atoms with Crippen molar-refractivity contribution in [2.75, 3.05) is 36.0 Å². The molecule has 9 nitrogen and oxygen atoms in total.